The minimum Gasteiger partial charge on any atom is -0.456 e. The minimum atomic E-state index is 0.605. The van der Waals surface area contributed by atoms with Gasteiger partial charge in [0.2, 0.25) is 0 Å². The van der Waals surface area contributed by atoms with Gasteiger partial charge in [-0.3, -0.25) is 0 Å². The monoisotopic (exact) mass is 687 g/mol. The number of furan rings is 1. The number of nitrogens with zero attached hydrogens (tertiary/aromatic N) is 3. The van der Waals surface area contributed by atoms with Gasteiger partial charge in [0.25, 0.3) is 0 Å². The number of aromatic nitrogens is 3. The lowest BCUT2D eigenvalue weighted by Gasteiger charge is -2.09. The third-order valence-electron chi connectivity index (χ3n) is 9.75. The lowest BCUT2D eigenvalue weighted by atomic mass is 10.0. The molecule has 0 saturated heterocycles. The van der Waals surface area contributed by atoms with E-state index in [-0.39, 0.29) is 0 Å². The van der Waals surface area contributed by atoms with Gasteiger partial charge in [-0.05, 0) is 65.7 Å². The Hall–Kier alpha value is -6.21. The highest BCUT2D eigenvalue weighted by Crippen LogP contribution is 2.42. The molecule has 4 heterocycles. The summed E-state index contributed by atoms with van der Waals surface area (Å²) in [7, 11) is 0. The van der Waals surface area contributed by atoms with Gasteiger partial charge < -0.3 is 4.42 Å². The van der Waals surface area contributed by atoms with Crippen LogP contribution in [0.4, 0.5) is 0 Å². The molecule has 11 rings (SSSR count). The fraction of sp³-hybridized carbons (Fsp3) is 0. The number of benzene rings is 7. The van der Waals surface area contributed by atoms with Gasteiger partial charge in [-0.2, -0.15) is 0 Å². The van der Waals surface area contributed by atoms with Crippen molar-refractivity contribution in [3.63, 3.8) is 0 Å². The molecule has 0 unspecified atom stereocenters. The molecule has 51 heavy (non-hydrogen) atoms. The molecule has 0 aliphatic rings. The van der Waals surface area contributed by atoms with Crippen molar-refractivity contribution >= 4 is 85.0 Å². The number of hydrogen-bond acceptors (Lipinski definition) is 6. The molecule has 0 spiro atoms. The van der Waals surface area contributed by atoms with Crippen molar-refractivity contribution in [3.05, 3.63) is 152 Å². The Morgan fingerprint density at radius 1 is 0.353 bits per heavy atom. The molecule has 0 atom stereocenters. The molecule has 11 aromatic rings. The highest BCUT2D eigenvalue weighted by Gasteiger charge is 2.17. The van der Waals surface area contributed by atoms with Crippen LogP contribution in [0.1, 0.15) is 0 Å². The summed E-state index contributed by atoms with van der Waals surface area (Å²) < 4.78 is 11.6. The number of rotatable bonds is 4. The lowest BCUT2D eigenvalue weighted by Crippen LogP contribution is -2.00. The van der Waals surface area contributed by atoms with Crippen molar-refractivity contribution in [1.29, 1.82) is 0 Å². The SMILES string of the molecule is c1ccc(-c2nc(-c3ccc4c(c3)oc3ccc(-c5cccc6c5sc5ccccc56)cc34)nc(-c3ccc4sc5ccccc5c4c3)n2)cc1. The second kappa shape index (κ2) is 11.2. The molecule has 238 valence electrons. The molecule has 6 heteroatoms. The molecule has 0 radical (unpaired) electrons. The third kappa shape index (κ3) is 4.61. The van der Waals surface area contributed by atoms with E-state index < -0.39 is 0 Å². The normalized spacial score (nSPS) is 11.9. The topological polar surface area (TPSA) is 51.8 Å². The summed E-state index contributed by atoms with van der Waals surface area (Å²) in [5.74, 6) is 1.88. The molecule has 0 N–H and O–H groups in total. The molecule has 0 amide bonds. The van der Waals surface area contributed by atoms with Crippen molar-refractivity contribution in [2.75, 3.05) is 0 Å². The van der Waals surface area contributed by atoms with Gasteiger partial charge in [-0.15, -0.1) is 22.7 Å². The average molecular weight is 688 g/mol. The van der Waals surface area contributed by atoms with Crippen LogP contribution in [0.15, 0.2) is 156 Å². The Balaban J connectivity index is 1.05. The number of thiophene rings is 2. The smallest absolute Gasteiger partial charge is 0.164 e. The maximum absolute atomic E-state index is 6.48. The van der Waals surface area contributed by atoms with E-state index in [9.17, 15) is 0 Å². The van der Waals surface area contributed by atoms with E-state index in [1.54, 1.807) is 11.3 Å². The van der Waals surface area contributed by atoms with Gasteiger partial charge >= 0.3 is 0 Å². The van der Waals surface area contributed by atoms with Crippen molar-refractivity contribution in [3.8, 4) is 45.3 Å². The molecular formula is C45H25N3OS2. The Kier molecular flexibility index (Phi) is 6.26. The van der Waals surface area contributed by atoms with Gasteiger partial charge in [0.1, 0.15) is 11.2 Å². The number of fused-ring (bicyclic) bond motifs is 9. The van der Waals surface area contributed by atoms with E-state index >= 15 is 0 Å². The van der Waals surface area contributed by atoms with Gasteiger partial charge in [-0.25, -0.2) is 15.0 Å². The van der Waals surface area contributed by atoms with Crippen LogP contribution in [-0.4, -0.2) is 15.0 Å². The third-order valence-corrected chi connectivity index (χ3v) is 12.1. The Bertz CT molecular complexity index is 3160. The van der Waals surface area contributed by atoms with Gasteiger partial charge in [-0.1, -0.05) is 97.1 Å². The quantitative estimate of drug-likeness (QED) is 0.185. The highest BCUT2D eigenvalue weighted by atomic mass is 32.1. The van der Waals surface area contributed by atoms with Crippen LogP contribution in [0.2, 0.25) is 0 Å². The van der Waals surface area contributed by atoms with Crippen molar-refractivity contribution < 1.29 is 4.42 Å². The maximum atomic E-state index is 6.48. The van der Waals surface area contributed by atoms with E-state index in [1.807, 2.05) is 41.7 Å². The van der Waals surface area contributed by atoms with Crippen LogP contribution in [0.25, 0.3) is 108 Å². The summed E-state index contributed by atoms with van der Waals surface area (Å²) in [6.07, 6.45) is 0. The summed E-state index contributed by atoms with van der Waals surface area (Å²) in [5.41, 5.74) is 6.84. The molecule has 7 aromatic carbocycles. The zero-order valence-electron chi connectivity index (χ0n) is 27.0. The fourth-order valence-electron chi connectivity index (χ4n) is 7.27. The Morgan fingerprint density at radius 3 is 1.78 bits per heavy atom. The van der Waals surface area contributed by atoms with Crippen LogP contribution < -0.4 is 0 Å². The summed E-state index contributed by atoms with van der Waals surface area (Å²) in [6, 6.07) is 53.2. The molecule has 0 fully saturated rings. The summed E-state index contributed by atoms with van der Waals surface area (Å²) >= 11 is 3.66. The Labute approximate surface area is 299 Å². The van der Waals surface area contributed by atoms with Crippen LogP contribution >= 0.6 is 22.7 Å². The van der Waals surface area contributed by atoms with Crippen LogP contribution in [0.5, 0.6) is 0 Å². The largest absolute Gasteiger partial charge is 0.456 e. The molecular weight excluding hydrogens is 663 g/mol. The fourth-order valence-corrected chi connectivity index (χ4v) is 9.60. The summed E-state index contributed by atoms with van der Waals surface area (Å²) in [6.45, 7) is 0. The van der Waals surface area contributed by atoms with Crippen LogP contribution in [0, 0.1) is 0 Å². The first-order valence-electron chi connectivity index (χ1n) is 16.8. The second-order valence-corrected chi connectivity index (χ2v) is 14.9. The van der Waals surface area contributed by atoms with Crippen LogP contribution in [-0.2, 0) is 0 Å². The molecule has 4 aromatic heterocycles. The van der Waals surface area contributed by atoms with Crippen molar-refractivity contribution in [2.45, 2.75) is 0 Å². The van der Waals surface area contributed by atoms with Crippen molar-refractivity contribution in [1.82, 2.24) is 15.0 Å². The van der Waals surface area contributed by atoms with E-state index in [4.69, 9.17) is 19.4 Å². The Morgan fingerprint density at radius 2 is 0.961 bits per heavy atom. The van der Waals surface area contributed by atoms with Crippen molar-refractivity contribution in [2.24, 2.45) is 0 Å². The van der Waals surface area contributed by atoms with E-state index in [0.717, 1.165) is 38.6 Å². The van der Waals surface area contributed by atoms with Gasteiger partial charge in [0.05, 0.1) is 0 Å². The van der Waals surface area contributed by atoms with E-state index in [0.29, 0.717) is 17.5 Å². The molecule has 0 saturated carbocycles. The first kappa shape index (κ1) is 28.6. The van der Waals surface area contributed by atoms with Crippen LogP contribution in [0.3, 0.4) is 0 Å². The highest BCUT2D eigenvalue weighted by molar-refractivity contribution is 7.26. The summed E-state index contributed by atoms with van der Waals surface area (Å²) in [5, 5.41) is 7.21. The molecule has 0 aliphatic carbocycles. The number of hydrogen-bond donors (Lipinski definition) is 0. The predicted molar refractivity (Wildman–Crippen MR) is 215 cm³/mol. The minimum absolute atomic E-state index is 0.605. The van der Waals surface area contributed by atoms with Gasteiger partial charge in [0.15, 0.2) is 17.5 Å². The molecule has 0 aliphatic heterocycles. The standard InChI is InChI=1S/C45H25N3OS2/c1-2-9-26(10-3-1)43-46-44(28-19-22-41-36(24-28)33-12-5-6-15-39(33)50-41)48-45(47-43)29-17-20-31-35-23-27(18-21-37(35)49-38(31)25-29)30-13-8-14-34-32-11-4-7-16-40(32)51-42(30)34/h1-25H. The molecule has 4 nitrogen and oxygen atoms in total. The maximum Gasteiger partial charge on any atom is 0.164 e. The molecule has 0 bridgehead atoms. The average Bonchev–Trinajstić information content (AvgIpc) is 3.88. The predicted octanol–water partition coefficient (Wildman–Crippen LogP) is 13.2. The van der Waals surface area contributed by atoms with E-state index in [1.165, 1.54) is 51.5 Å². The van der Waals surface area contributed by atoms with Gasteiger partial charge in [0, 0.05) is 67.8 Å². The second-order valence-electron chi connectivity index (χ2n) is 12.8. The first-order chi connectivity index (χ1) is 25.2. The lowest BCUT2D eigenvalue weighted by molar-refractivity contribution is 0.669. The first-order valence-corrected chi connectivity index (χ1v) is 18.5. The zero-order valence-corrected chi connectivity index (χ0v) is 28.6. The van der Waals surface area contributed by atoms with E-state index in [2.05, 4.69) is 121 Å². The zero-order chi connectivity index (χ0) is 33.5. The summed E-state index contributed by atoms with van der Waals surface area (Å²) in [4.78, 5) is 15.1.